The number of hydrogen-bond acceptors (Lipinski definition) is 1. The monoisotopic (exact) mass is 290 g/mol. The number of rotatable bonds is 0. The van der Waals surface area contributed by atoms with Crippen LogP contribution in [0.15, 0.2) is 0 Å². The van der Waals surface area contributed by atoms with E-state index in [1.807, 2.05) is 0 Å². The Labute approximate surface area is 70.7 Å². The maximum atomic E-state index is 3.96. The molecule has 0 heterocycles. The fourth-order valence-corrected chi connectivity index (χ4v) is 0. The summed E-state index contributed by atoms with van der Waals surface area (Å²) in [5.74, 6) is 0. The first-order chi connectivity index (χ1) is 1.00. The average molecular weight is 289 g/mol. The van der Waals surface area contributed by atoms with Crippen LogP contribution in [0.2, 0.25) is 0 Å². The Kier molecular flexibility index (Phi) is 75.6. The maximum absolute atomic E-state index is 3.96. The summed E-state index contributed by atoms with van der Waals surface area (Å²) in [5.41, 5.74) is 0. The molecular formula is CdSSeZn. The van der Waals surface area contributed by atoms with Crippen LogP contribution in [-0.2, 0) is 46.8 Å². The van der Waals surface area contributed by atoms with Gasteiger partial charge in [-0.1, -0.05) is 0 Å². The Bertz CT molecular complexity index is 8.00. The van der Waals surface area contributed by atoms with E-state index in [2.05, 4.69) is 24.9 Å². The summed E-state index contributed by atoms with van der Waals surface area (Å²) in [6.45, 7) is 0. The van der Waals surface area contributed by atoms with Crippen molar-refractivity contribution in [1.29, 1.82) is 0 Å². The molecule has 0 unspecified atom stereocenters. The van der Waals surface area contributed by atoms with Crippen molar-refractivity contribution in [2.45, 2.75) is 0 Å². The summed E-state index contributed by atoms with van der Waals surface area (Å²) in [7, 11) is 3.96. The van der Waals surface area contributed by atoms with Gasteiger partial charge in [0.1, 0.15) is 0 Å². The molecule has 0 amide bonds. The van der Waals surface area contributed by atoms with Gasteiger partial charge in [0.25, 0.3) is 0 Å². The first kappa shape index (κ1) is 16.3. The minimum absolute atomic E-state index is 0. The van der Waals surface area contributed by atoms with Crippen LogP contribution >= 0.6 is 10.6 Å². The topological polar surface area (TPSA) is 0 Å². The SMILES string of the molecule is S=[Se].[Cd].[Zn]. The summed E-state index contributed by atoms with van der Waals surface area (Å²) in [6, 6.07) is 0. The van der Waals surface area contributed by atoms with E-state index in [0.29, 0.717) is 0 Å². The van der Waals surface area contributed by atoms with Crippen LogP contribution < -0.4 is 0 Å². The number of hydrogen-bond donors (Lipinski definition) is 0. The summed E-state index contributed by atoms with van der Waals surface area (Å²) < 4.78 is 0. The Morgan fingerprint density at radius 2 is 1.25 bits per heavy atom. The second-order valence-electron chi connectivity index (χ2n) is 0. The molecule has 0 bridgehead atoms. The van der Waals surface area contributed by atoms with Gasteiger partial charge in [0.05, 0.1) is 0 Å². The van der Waals surface area contributed by atoms with Crippen LogP contribution in [0.1, 0.15) is 0 Å². The second-order valence-corrected chi connectivity index (χ2v) is 0. The molecule has 0 aliphatic carbocycles. The van der Waals surface area contributed by atoms with Crippen LogP contribution in [0, 0.1) is 0 Å². The summed E-state index contributed by atoms with van der Waals surface area (Å²) in [5, 5.41) is 0. The molecule has 0 aliphatic rings. The molecule has 0 saturated carbocycles. The van der Waals surface area contributed by atoms with Gasteiger partial charge in [-0.2, -0.15) is 0 Å². The van der Waals surface area contributed by atoms with Gasteiger partial charge >= 0.3 is 24.9 Å². The third kappa shape index (κ3) is 8.86. The molecule has 0 nitrogen and oxygen atoms in total. The molecule has 0 aromatic heterocycles. The average Bonchev–Trinajstić information content (AvgIpc) is 1.00. The van der Waals surface area contributed by atoms with Gasteiger partial charge in [0.2, 0.25) is 0 Å². The van der Waals surface area contributed by atoms with Crippen molar-refractivity contribution in [3.63, 3.8) is 0 Å². The van der Waals surface area contributed by atoms with Crippen molar-refractivity contribution in [2.75, 3.05) is 0 Å². The van der Waals surface area contributed by atoms with E-state index in [0.717, 1.165) is 0 Å². The van der Waals surface area contributed by atoms with Crippen molar-refractivity contribution in [1.82, 2.24) is 0 Å². The van der Waals surface area contributed by atoms with E-state index in [-0.39, 0.29) is 46.8 Å². The van der Waals surface area contributed by atoms with Crippen molar-refractivity contribution >= 4 is 24.9 Å². The zero-order valence-electron chi connectivity index (χ0n) is 2.23. The molecule has 0 aromatic rings. The molecule has 0 fully saturated rings. The third-order valence-corrected chi connectivity index (χ3v) is 0. The Morgan fingerprint density at radius 3 is 1.25 bits per heavy atom. The minimum Gasteiger partial charge on any atom is 0 e. The quantitative estimate of drug-likeness (QED) is 0.577. The van der Waals surface area contributed by atoms with Crippen LogP contribution in [0.3, 0.4) is 0 Å². The van der Waals surface area contributed by atoms with Gasteiger partial charge in [-0.3, -0.25) is 0 Å². The maximum Gasteiger partial charge on any atom is 0 e. The van der Waals surface area contributed by atoms with Gasteiger partial charge < -0.3 is 0 Å². The standard InChI is InChI=1S/Cd.SSe.Zn/c;1-2;. The normalized spacial score (nSPS) is 1.00. The molecule has 0 spiro atoms. The Hall–Kier alpha value is 2.28. The Balaban J connectivity index is -0.00000000500. The third-order valence-electron chi connectivity index (χ3n) is 0. The molecule has 0 N–H and O–H groups in total. The fourth-order valence-electron chi connectivity index (χ4n) is 0. The fraction of sp³-hybridized carbons (Fsp3) is 0. The largest absolute Gasteiger partial charge is 0 e. The van der Waals surface area contributed by atoms with Gasteiger partial charge in [0, 0.05) is 46.8 Å². The smallest absolute Gasteiger partial charge is 0 e. The second kappa shape index (κ2) is 18.6. The van der Waals surface area contributed by atoms with Crippen LogP contribution in [0.25, 0.3) is 0 Å². The zero-order chi connectivity index (χ0) is 2.00. The van der Waals surface area contributed by atoms with Gasteiger partial charge in [0.15, 0.2) is 0 Å². The van der Waals surface area contributed by atoms with Crippen molar-refractivity contribution in [2.24, 2.45) is 0 Å². The van der Waals surface area contributed by atoms with Gasteiger partial charge in [-0.25, -0.2) is 0 Å². The summed E-state index contributed by atoms with van der Waals surface area (Å²) in [6.07, 6.45) is 0. The molecule has 4 heteroatoms. The van der Waals surface area contributed by atoms with Gasteiger partial charge in [-0.15, -0.1) is 0 Å². The molecule has 0 radical (unpaired) electrons. The molecule has 0 atom stereocenters. The van der Waals surface area contributed by atoms with Crippen LogP contribution in [0.5, 0.6) is 0 Å². The van der Waals surface area contributed by atoms with E-state index >= 15 is 0 Å². The Morgan fingerprint density at radius 1 is 1.25 bits per heavy atom. The molecule has 0 saturated heterocycles. The first-order valence-electron chi connectivity index (χ1n) is 0.167. The van der Waals surface area contributed by atoms with Crippen molar-refractivity contribution in [3.8, 4) is 0 Å². The van der Waals surface area contributed by atoms with Crippen LogP contribution in [-0.4, -0.2) is 14.4 Å². The van der Waals surface area contributed by atoms with E-state index in [1.165, 1.54) is 0 Å². The predicted molar refractivity (Wildman–Crippen MR) is 13.3 cm³/mol. The molecule has 0 rings (SSSR count). The van der Waals surface area contributed by atoms with Crippen molar-refractivity contribution < 1.29 is 46.8 Å². The van der Waals surface area contributed by atoms with E-state index < -0.39 is 0 Å². The van der Waals surface area contributed by atoms with Crippen LogP contribution in [0.4, 0.5) is 0 Å². The minimum atomic E-state index is 0. The van der Waals surface area contributed by atoms with E-state index in [9.17, 15) is 0 Å². The summed E-state index contributed by atoms with van der Waals surface area (Å²) >= 11 is 2.21. The summed E-state index contributed by atoms with van der Waals surface area (Å²) in [4.78, 5) is 0. The van der Waals surface area contributed by atoms with Gasteiger partial charge in [-0.05, 0) is 0 Å². The molecule has 4 heavy (non-hydrogen) atoms. The molecule has 16 valence electrons. The van der Waals surface area contributed by atoms with E-state index in [1.54, 1.807) is 0 Å². The molecule has 0 aromatic carbocycles. The predicted octanol–water partition coefficient (Wildman–Crippen LogP) is 0.262. The van der Waals surface area contributed by atoms with E-state index in [4.69, 9.17) is 0 Å². The molecular weight excluding hydrogens is 289 g/mol. The van der Waals surface area contributed by atoms with Crippen molar-refractivity contribution in [3.05, 3.63) is 0 Å². The zero-order valence-corrected chi connectivity index (χ0v) is 11.8. The molecule has 0 aliphatic heterocycles. The first-order valence-corrected chi connectivity index (χ1v) is 2.60.